The SMILES string of the molecule is COc1cc(OC)cc(C(=O)N2CCCC2C(=O)Nc2nnc(-c3ccc(F)cc3)s2)c1. The molecule has 1 atom stereocenters. The van der Waals surface area contributed by atoms with Crippen LogP contribution in [-0.4, -0.2) is 53.7 Å². The third-order valence-electron chi connectivity index (χ3n) is 5.16. The van der Waals surface area contributed by atoms with E-state index >= 15 is 0 Å². The number of nitrogens with zero attached hydrogens (tertiary/aromatic N) is 3. The van der Waals surface area contributed by atoms with Crippen molar-refractivity contribution in [3.8, 4) is 22.1 Å². The van der Waals surface area contributed by atoms with E-state index < -0.39 is 6.04 Å². The lowest BCUT2D eigenvalue weighted by Crippen LogP contribution is -2.43. The Labute approximate surface area is 188 Å². The molecule has 0 aliphatic carbocycles. The van der Waals surface area contributed by atoms with Gasteiger partial charge in [-0.15, -0.1) is 10.2 Å². The molecule has 2 aromatic carbocycles. The standard InChI is InChI=1S/C22H21FN4O4S/c1-30-16-10-14(11-17(12-16)31-2)21(29)27-9-3-4-18(27)19(28)24-22-26-25-20(32-22)13-5-7-15(23)8-6-13/h5-8,10-12,18H,3-4,9H2,1-2H3,(H,24,26,28). The van der Waals surface area contributed by atoms with Crippen molar-refractivity contribution in [2.24, 2.45) is 0 Å². The summed E-state index contributed by atoms with van der Waals surface area (Å²) in [5.41, 5.74) is 1.09. The van der Waals surface area contributed by atoms with Crippen LogP contribution < -0.4 is 14.8 Å². The fourth-order valence-corrected chi connectivity index (χ4v) is 4.30. The number of rotatable bonds is 6. The van der Waals surface area contributed by atoms with Crippen molar-refractivity contribution < 1.29 is 23.5 Å². The second-order valence-corrected chi connectivity index (χ2v) is 8.14. The molecule has 4 rings (SSSR count). The van der Waals surface area contributed by atoms with Gasteiger partial charge in [-0.2, -0.15) is 0 Å². The Hall–Kier alpha value is -3.53. The highest BCUT2D eigenvalue weighted by Gasteiger charge is 2.35. The third-order valence-corrected chi connectivity index (χ3v) is 6.05. The summed E-state index contributed by atoms with van der Waals surface area (Å²) < 4.78 is 23.6. The van der Waals surface area contributed by atoms with Crippen LogP contribution in [0.5, 0.6) is 11.5 Å². The van der Waals surface area contributed by atoms with Crippen LogP contribution >= 0.6 is 11.3 Å². The average molecular weight is 456 g/mol. The number of methoxy groups -OCH3 is 2. The van der Waals surface area contributed by atoms with Crippen LogP contribution in [0, 0.1) is 5.82 Å². The number of aromatic nitrogens is 2. The van der Waals surface area contributed by atoms with Crippen LogP contribution in [0.15, 0.2) is 42.5 Å². The van der Waals surface area contributed by atoms with Gasteiger partial charge in [0.05, 0.1) is 14.2 Å². The van der Waals surface area contributed by atoms with Gasteiger partial charge < -0.3 is 14.4 Å². The van der Waals surface area contributed by atoms with Gasteiger partial charge in [0.25, 0.3) is 5.91 Å². The predicted molar refractivity (Wildman–Crippen MR) is 118 cm³/mol. The number of nitrogens with one attached hydrogen (secondary N) is 1. The van der Waals surface area contributed by atoms with Gasteiger partial charge >= 0.3 is 0 Å². The Morgan fingerprint density at radius 1 is 1.09 bits per heavy atom. The van der Waals surface area contributed by atoms with E-state index in [1.807, 2.05) is 0 Å². The van der Waals surface area contributed by atoms with E-state index in [9.17, 15) is 14.0 Å². The number of likely N-dealkylation sites (tertiary alicyclic amines) is 1. The smallest absolute Gasteiger partial charge is 0.254 e. The van der Waals surface area contributed by atoms with Crippen molar-refractivity contribution in [3.05, 3.63) is 53.8 Å². The summed E-state index contributed by atoms with van der Waals surface area (Å²) in [5.74, 6) is 0.0493. The molecule has 2 amide bonds. The molecular weight excluding hydrogens is 435 g/mol. The van der Waals surface area contributed by atoms with Crippen molar-refractivity contribution in [3.63, 3.8) is 0 Å². The lowest BCUT2D eigenvalue weighted by molar-refractivity contribution is -0.119. The molecule has 166 valence electrons. The van der Waals surface area contributed by atoms with Crippen LogP contribution in [0.3, 0.4) is 0 Å². The van der Waals surface area contributed by atoms with Crippen molar-refractivity contribution in [2.45, 2.75) is 18.9 Å². The predicted octanol–water partition coefficient (Wildman–Crippen LogP) is 3.60. The van der Waals surface area contributed by atoms with Gasteiger partial charge in [0, 0.05) is 23.7 Å². The maximum atomic E-state index is 13.1. The molecule has 1 aliphatic rings. The van der Waals surface area contributed by atoms with Crippen molar-refractivity contribution in [2.75, 3.05) is 26.1 Å². The lowest BCUT2D eigenvalue weighted by Gasteiger charge is -2.24. The van der Waals surface area contributed by atoms with E-state index in [1.165, 1.54) is 37.7 Å². The Bertz CT molecular complexity index is 1110. The molecule has 0 spiro atoms. The van der Waals surface area contributed by atoms with Gasteiger partial charge in [0.2, 0.25) is 11.0 Å². The lowest BCUT2D eigenvalue weighted by atomic mass is 10.1. The average Bonchev–Trinajstić information content (AvgIpc) is 3.48. The van der Waals surface area contributed by atoms with Crippen LogP contribution in [0.2, 0.25) is 0 Å². The Morgan fingerprint density at radius 2 is 1.78 bits per heavy atom. The highest BCUT2D eigenvalue weighted by Crippen LogP contribution is 2.29. The molecule has 3 aromatic rings. The molecule has 32 heavy (non-hydrogen) atoms. The topological polar surface area (TPSA) is 93.7 Å². The zero-order valence-corrected chi connectivity index (χ0v) is 18.3. The molecular formula is C22H21FN4O4S. The van der Waals surface area contributed by atoms with E-state index in [1.54, 1.807) is 35.2 Å². The van der Waals surface area contributed by atoms with Gasteiger partial charge in [0.1, 0.15) is 28.4 Å². The summed E-state index contributed by atoms with van der Waals surface area (Å²) in [6.07, 6.45) is 1.25. The maximum absolute atomic E-state index is 13.1. The fraction of sp³-hybridized carbons (Fsp3) is 0.273. The highest BCUT2D eigenvalue weighted by atomic mass is 32.1. The van der Waals surface area contributed by atoms with Crippen LogP contribution in [0.25, 0.3) is 10.6 Å². The van der Waals surface area contributed by atoms with Gasteiger partial charge in [-0.05, 0) is 49.2 Å². The molecule has 1 saturated heterocycles. The van der Waals surface area contributed by atoms with Crippen molar-refractivity contribution in [1.29, 1.82) is 0 Å². The summed E-state index contributed by atoms with van der Waals surface area (Å²) in [7, 11) is 3.02. The van der Waals surface area contributed by atoms with Crippen molar-refractivity contribution in [1.82, 2.24) is 15.1 Å². The Kier molecular flexibility index (Phi) is 6.31. The third kappa shape index (κ3) is 4.54. The van der Waals surface area contributed by atoms with E-state index in [0.29, 0.717) is 52.2 Å². The van der Waals surface area contributed by atoms with Gasteiger partial charge in [-0.25, -0.2) is 4.39 Å². The molecule has 2 heterocycles. The molecule has 0 bridgehead atoms. The number of halogens is 1. The van der Waals surface area contributed by atoms with E-state index in [0.717, 1.165) is 0 Å². The monoisotopic (exact) mass is 456 g/mol. The number of hydrogen-bond acceptors (Lipinski definition) is 7. The fourth-order valence-electron chi connectivity index (χ4n) is 3.55. The molecule has 10 heteroatoms. The first kappa shape index (κ1) is 21.7. The first-order valence-electron chi connectivity index (χ1n) is 9.93. The minimum atomic E-state index is -0.627. The largest absolute Gasteiger partial charge is 0.497 e. The molecule has 8 nitrogen and oxygen atoms in total. The second kappa shape index (κ2) is 9.31. The Morgan fingerprint density at radius 3 is 2.44 bits per heavy atom. The number of carbonyl (C=O) groups is 2. The second-order valence-electron chi connectivity index (χ2n) is 7.17. The van der Waals surface area contributed by atoms with Gasteiger partial charge in [0.15, 0.2) is 0 Å². The number of anilines is 1. The van der Waals surface area contributed by atoms with Crippen LogP contribution in [-0.2, 0) is 4.79 Å². The summed E-state index contributed by atoms with van der Waals surface area (Å²) in [4.78, 5) is 27.6. The zero-order chi connectivity index (χ0) is 22.7. The Balaban J connectivity index is 1.48. The van der Waals surface area contributed by atoms with E-state index in [4.69, 9.17) is 9.47 Å². The molecule has 1 aromatic heterocycles. The molecule has 1 aliphatic heterocycles. The number of carbonyl (C=O) groups excluding carboxylic acids is 2. The van der Waals surface area contributed by atoms with Gasteiger partial charge in [-0.1, -0.05) is 11.3 Å². The molecule has 1 unspecified atom stereocenters. The molecule has 0 radical (unpaired) electrons. The number of amides is 2. The van der Waals surface area contributed by atoms with E-state index in [2.05, 4.69) is 15.5 Å². The normalized spacial score (nSPS) is 15.5. The molecule has 0 saturated carbocycles. The number of benzene rings is 2. The first-order chi connectivity index (χ1) is 15.5. The summed E-state index contributed by atoms with van der Waals surface area (Å²) in [6.45, 7) is 0.466. The molecule has 1 N–H and O–H groups in total. The maximum Gasteiger partial charge on any atom is 0.254 e. The summed E-state index contributed by atoms with van der Waals surface area (Å²) in [5, 5.41) is 11.7. The number of hydrogen-bond donors (Lipinski definition) is 1. The quantitative estimate of drug-likeness (QED) is 0.609. The van der Waals surface area contributed by atoms with Gasteiger partial charge in [-0.3, -0.25) is 14.9 Å². The highest BCUT2D eigenvalue weighted by molar-refractivity contribution is 7.18. The number of ether oxygens (including phenoxy) is 2. The van der Waals surface area contributed by atoms with E-state index in [-0.39, 0.29) is 17.6 Å². The summed E-state index contributed by atoms with van der Waals surface area (Å²) >= 11 is 1.18. The first-order valence-corrected chi connectivity index (χ1v) is 10.7. The summed E-state index contributed by atoms with van der Waals surface area (Å²) in [6, 6.07) is 10.2. The van der Waals surface area contributed by atoms with Crippen LogP contribution in [0.1, 0.15) is 23.2 Å². The van der Waals surface area contributed by atoms with Crippen molar-refractivity contribution >= 4 is 28.3 Å². The molecule has 1 fully saturated rings. The minimum absolute atomic E-state index is 0.274. The zero-order valence-electron chi connectivity index (χ0n) is 17.5. The minimum Gasteiger partial charge on any atom is -0.497 e. The van der Waals surface area contributed by atoms with Crippen LogP contribution in [0.4, 0.5) is 9.52 Å².